The van der Waals surface area contributed by atoms with Crippen LogP contribution in [0.15, 0.2) is 45.7 Å². The second kappa shape index (κ2) is 7.72. The Balaban J connectivity index is 1.84. The lowest BCUT2D eigenvalue weighted by atomic mass is 10.1. The maximum atomic E-state index is 12.4. The van der Waals surface area contributed by atoms with Gasteiger partial charge in [-0.1, -0.05) is 36.1 Å². The van der Waals surface area contributed by atoms with Gasteiger partial charge in [0, 0.05) is 18.7 Å². The molecule has 0 radical (unpaired) electrons. The molecular formula is C17H12N2O6S2. The highest BCUT2D eigenvalue weighted by Gasteiger charge is 2.32. The number of benzene rings is 1. The van der Waals surface area contributed by atoms with Crippen LogP contribution in [0.3, 0.4) is 0 Å². The number of rotatable bonds is 6. The molecule has 138 valence electrons. The molecule has 1 aliphatic heterocycles. The molecule has 1 saturated heterocycles. The molecule has 2 aromatic rings. The van der Waals surface area contributed by atoms with Crippen LogP contribution in [0.2, 0.25) is 0 Å². The van der Waals surface area contributed by atoms with Crippen molar-refractivity contribution < 1.29 is 24.0 Å². The van der Waals surface area contributed by atoms with Gasteiger partial charge in [0.2, 0.25) is 0 Å². The van der Waals surface area contributed by atoms with Gasteiger partial charge in [-0.25, -0.2) is 0 Å². The van der Waals surface area contributed by atoms with Crippen molar-refractivity contribution >= 4 is 51.9 Å². The van der Waals surface area contributed by atoms with Crippen LogP contribution in [-0.2, 0) is 9.59 Å². The van der Waals surface area contributed by atoms with E-state index in [1.807, 2.05) is 0 Å². The minimum Gasteiger partial charge on any atom is -0.481 e. The first-order valence-corrected chi connectivity index (χ1v) is 8.90. The van der Waals surface area contributed by atoms with Gasteiger partial charge in [-0.05, 0) is 18.2 Å². The summed E-state index contributed by atoms with van der Waals surface area (Å²) in [6, 6.07) is 9.36. The highest BCUT2D eigenvalue weighted by Crippen LogP contribution is 2.35. The summed E-state index contributed by atoms with van der Waals surface area (Å²) in [6.45, 7) is -0.00302. The SMILES string of the molecule is O=C(O)CCN1C(=O)C(=Cc2ccc(-c3ccccc3[N+](=O)[O-])o2)SC1=S. The Bertz CT molecular complexity index is 981. The molecule has 27 heavy (non-hydrogen) atoms. The number of amides is 1. The summed E-state index contributed by atoms with van der Waals surface area (Å²) < 4.78 is 5.91. The average Bonchev–Trinajstić information content (AvgIpc) is 3.18. The Hall–Kier alpha value is -2.98. The van der Waals surface area contributed by atoms with E-state index in [0.29, 0.717) is 22.0 Å². The molecule has 8 nitrogen and oxygen atoms in total. The average molecular weight is 404 g/mol. The molecule has 1 N–H and O–H groups in total. The highest BCUT2D eigenvalue weighted by molar-refractivity contribution is 8.26. The van der Waals surface area contributed by atoms with E-state index >= 15 is 0 Å². The number of thioether (sulfide) groups is 1. The number of hydrogen-bond acceptors (Lipinski definition) is 7. The van der Waals surface area contributed by atoms with E-state index in [4.69, 9.17) is 21.7 Å². The van der Waals surface area contributed by atoms with Crippen LogP contribution in [0, 0.1) is 10.1 Å². The summed E-state index contributed by atoms with van der Waals surface area (Å²) in [5, 5.41) is 19.9. The van der Waals surface area contributed by atoms with Gasteiger partial charge in [0.25, 0.3) is 11.6 Å². The normalized spacial score (nSPS) is 15.6. The van der Waals surface area contributed by atoms with Gasteiger partial charge >= 0.3 is 5.97 Å². The summed E-state index contributed by atoms with van der Waals surface area (Å²) in [5.74, 6) is -0.778. The smallest absolute Gasteiger partial charge is 0.305 e. The second-order valence-electron chi connectivity index (χ2n) is 5.45. The topological polar surface area (TPSA) is 114 Å². The van der Waals surface area contributed by atoms with Gasteiger partial charge in [-0.15, -0.1) is 0 Å². The minimum atomic E-state index is -1.02. The number of furan rings is 1. The largest absolute Gasteiger partial charge is 0.481 e. The number of carbonyl (C=O) groups excluding carboxylic acids is 1. The van der Waals surface area contributed by atoms with Gasteiger partial charge in [0.15, 0.2) is 0 Å². The van der Waals surface area contributed by atoms with E-state index in [1.165, 1.54) is 17.0 Å². The van der Waals surface area contributed by atoms with Crippen LogP contribution in [0.5, 0.6) is 0 Å². The van der Waals surface area contributed by atoms with Gasteiger partial charge in [-0.2, -0.15) is 0 Å². The zero-order valence-corrected chi connectivity index (χ0v) is 15.3. The maximum Gasteiger partial charge on any atom is 0.305 e. The zero-order valence-electron chi connectivity index (χ0n) is 13.7. The van der Waals surface area contributed by atoms with Crippen LogP contribution in [-0.4, -0.2) is 37.7 Å². The number of nitro benzene ring substituents is 1. The summed E-state index contributed by atoms with van der Waals surface area (Å²) >= 11 is 6.17. The van der Waals surface area contributed by atoms with Crippen LogP contribution >= 0.6 is 24.0 Å². The van der Waals surface area contributed by atoms with Crippen molar-refractivity contribution in [2.75, 3.05) is 6.54 Å². The molecule has 1 fully saturated rings. The molecule has 0 aliphatic carbocycles. The lowest BCUT2D eigenvalue weighted by Crippen LogP contribution is -2.30. The number of para-hydroxylation sites is 1. The Morgan fingerprint density at radius 1 is 1.33 bits per heavy atom. The fraction of sp³-hybridized carbons (Fsp3) is 0.118. The van der Waals surface area contributed by atoms with E-state index in [-0.39, 0.29) is 23.0 Å². The van der Waals surface area contributed by atoms with Gasteiger partial charge in [0.05, 0.1) is 21.8 Å². The van der Waals surface area contributed by atoms with E-state index in [1.54, 1.807) is 30.3 Å². The first-order valence-electron chi connectivity index (χ1n) is 7.67. The first kappa shape index (κ1) is 18.8. The molecular weight excluding hydrogens is 392 g/mol. The van der Waals surface area contributed by atoms with Crippen molar-refractivity contribution in [3.05, 3.63) is 57.2 Å². The third-order valence-electron chi connectivity index (χ3n) is 3.69. The monoisotopic (exact) mass is 404 g/mol. The van der Waals surface area contributed by atoms with Crippen molar-refractivity contribution in [2.24, 2.45) is 0 Å². The Kier molecular flexibility index (Phi) is 5.38. The van der Waals surface area contributed by atoms with Crippen LogP contribution in [0.25, 0.3) is 17.4 Å². The maximum absolute atomic E-state index is 12.4. The first-order chi connectivity index (χ1) is 12.9. The van der Waals surface area contributed by atoms with Gasteiger partial charge in [0.1, 0.15) is 15.8 Å². The van der Waals surface area contributed by atoms with Gasteiger partial charge < -0.3 is 9.52 Å². The molecule has 0 atom stereocenters. The summed E-state index contributed by atoms with van der Waals surface area (Å²) in [6.07, 6.45) is 1.28. The van der Waals surface area contributed by atoms with E-state index < -0.39 is 16.8 Å². The lowest BCUT2D eigenvalue weighted by Gasteiger charge is -2.12. The van der Waals surface area contributed by atoms with Crippen molar-refractivity contribution in [3.8, 4) is 11.3 Å². The number of aliphatic carboxylic acids is 1. The Morgan fingerprint density at radius 2 is 2.07 bits per heavy atom. The fourth-order valence-corrected chi connectivity index (χ4v) is 3.73. The fourth-order valence-electron chi connectivity index (χ4n) is 2.45. The van der Waals surface area contributed by atoms with Crippen LogP contribution in [0.1, 0.15) is 12.2 Å². The van der Waals surface area contributed by atoms with Crippen LogP contribution < -0.4 is 0 Å². The molecule has 1 aromatic carbocycles. The van der Waals surface area contributed by atoms with Crippen molar-refractivity contribution in [2.45, 2.75) is 6.42 Å². The Morgan fingerprint density at radius 3 is 2.78 bits per heavy atom. The van der Waals surface area contributed by atoms with Crippen molar-refractivity contribution in [3.63, 3.8) is 0 Å². The number of carboxylic acid groups (broad SMARTS) is 1. The van der Waals surface area contributed by atoms with E-state index in [0.717, 1.165) is 11.8 Å². The molecule has 1 aromatic heterocycles. The van der Waals surface area contributed by atoms with Crippen LogP contribution in [0.4, 0.5) is 5.69 Å². The van der Waals surface area contributed by atoms with E-state index in [9.17, 15) is 19.7 Å². The van der Waals surface area contributed by atoms with Gasteiger partial charge in [-0.3, -0.25) is 24.6 Å². The lowest BCUT2D eigenvalue weighted by molar-refractivity contribution is -0.384. The predicted molar refractivity (Wildman–Crippen MR) is 103 cm³/mol. The van der Waals surface area contributed by atoms with Crippen molar-refractivity contribution in [1.82, 2.24) is 4.90 Å². The highest BCUT2D eigenvalue weighted by atomic mass is 32.2. The summed E-state index contributed by atoms with van der Waals surface area (Å²) in [7, 11) is 0. The third-order valence-corrected chi connectivity index (χ3v) is 5.07. The molecule has 0 unspecified atom stereocenters. The third kappa shape index (κ3) is 4.07. The molecule has 1 aliphatic rings. The predicted octanol–water partition coefficient (Wildman–Crippen LogP) is 3.53. The molecule has 3 rings (SSSR count). The number of hydrogen-bond donors (Lipinski definition) is 1. The zero-order chi connectivity index (χ0) is 19.6. The number of carboxylic acids is 1. The molecule has 1 amide bonds. The molecule has 10 heteroatoms. The quantitative estimate of drug-likeness (QED) is 0.337. The molecule has 0 bridgehead atoms. The number of nitro groups is 1. The molecule has 0 saturated carbocycles. The number of carbonyl (C=O) groups is 2. The number of nitrogens with zero attached hydrogens (tertiary/aromatic N) is 2. The molecule has 0 spiro atoms. The second-order valence-corrected chi connectivity index (χ2v) is 7.13. The van der Waals surface area contributed by atoms with E-state index in [2.05, 4.69) is 0 Å². The Labute approximate surface area is 162 Å². The summed E-state index contributed by atoms with van der Waals surface area (Å²) in [5.41, 5.74) is 0.245. The number of thiocarbonyl (C=S) groups is 1. The summed E-state index contributed by atoms with van der Waals surface area (Å²) in [4.78, 5) is 35.2. The minimum absolute atomic E-state index is 0.00302. The standard InChI is InChI=1S/C17H12N2O6S2/c20-15(21)7-8-18-16(22)14(27-17(18)26)9-10-5-6-13(25-10)11-3-1-2-4-12(11)19(23)24/h1-6,9H,7-8H2,(H,20,21). The van der Waals surface area contributed by atoms with Crippen molar-refractivity contribution in [1.29, 1.82) is 0 Å². The molecule has 2 heterocycles.